The van der Waals surface area contributed by atoms with Gasteiger partial charge in [-0.2, -0.15) is 5.10 Å². The van der Waals surface area contributed by atoms with Crippen molar-refractivity contribution in [3.05, 3.63) is 50.9 Å². The van der Waals surface area contributed by atoms with Crippen LogP contribution in [0, 0.1) is 12.8 Å². The van der Waals surface area contributed by atoms with Crippen LogP contribution in [0.3, 0.4) is 0 Å². The highest BCUT2D eigenvalue weighted by molar-refractivity contribution is 9.10. The number of esters is 1. The lowest BCUT2D eigenvalue weighted by Crippen LogP contribution is -2.43. The van der Waals surface area contributed by atoms with E-state index in [1.165, 1.54) is 11.3 Å². The number of aryl methyl sites for hydroxylation is 1. The Balaban J connectivity index is 1.54. The van der Waals surface area contributed by atoms with Gasteiger partial charge in [0, 0.05) is 22.0 Å². The molecule has 10 heteroatoms. The van der Waals surface area contributed by atoms with Crippen LogP contribution in [0.15, 0.2) is 34.8 Å². The van der Waals surface area contributed by atoms with E-state index in [4.69, 9.17) is 4.74 Å². The Morgan fingerprint density at radius 3 is 2.57 bits per heavy atom. The van der Waals surface area contributed by atoms with Crippen LogP contribution in [-0.4, -0.2) is 34.2 Å². The summed E-state index contributed by atoms with van der Waals surface area (Å²) in [5.41, 5.74) is 5.73. The molecule has 30 heavy (non-hydrogen) atoms. The number of carbonyl (C=O) groups is 3. The second kappa shape index (κ2) is 9.40. The van der Waals surface area contributed by atoms with E-state index in [0.717, 1.165) is 26.9 Å². The second-order valence-electron chi connectivity index (χ2n) is 7.08. The van der Waals surface area contributed by atoms with Crippen LogP contribution in [0.1, 0.15) is 39.6 Å². The maximum Gasteiger partial charge on any atom is 0.348 e. The molecule has 0 radical (unpaired) electrons. The van der Waals surface area contributed by atoms with Gasteiger partial charge in [0.25, 0.3) is 11.8 Å². The van der Waals surface area contributed by atoms with Crippen molar-refractivity contribution in [2.45, 2.75) is 27.3 Å². The lowest BCUT2D eigenvalue weighted by Gasteiger charge is -2.08. The number of amides is 2. The molecule has 0 atom stereocenters. The molecule has 8 nitrogen and oxygen atoms in total. The molecule has 1 aromatic carbocycles. The molecule has 0 saturated carbocycles. The van der Waals surface area contributed by atoms with E-state index in [9.17, 15) is 14.4 Å². The van der Waals surface area contributed by atoms with E-state index in [2.05, 4.69) is 45.7 Å². The lowest BCUT2D eigenvalue weighted by molar-refractivity contribution is -0.125. The zero-order valence-corrected chi connectivity index (χ0v) is 19.1. The van der Waals surface area contributed by atoms with E-state index in [-0.39, 0.29) is 0 Å². The third kappa shape index (κ3) is 5.25. The molecule has 3 rings (SSSR count). The quantitative estimate of drug-likeness (QED) is 0.405. The van der Waals surface area contributed by atoms with Crippen molar-refractivity contribution >= 4 is 55.3 Å². The van der Waals surface area contributed by atoms with Crippen molar-refractivity contribution in [3.63, 3.8) is 0 Å². The van der Waals surface area contributed by atoms with E-state index in [0.29, 0.717) is 16.4 Å². The SMILES string of the molecule is Cc1nn(CC(C)C)c2sc(C(=O)OCC(=O)NNC(=O)c3ccc(Br)cc3)cc12. The number of benzene rings is 1. The van der Waals surface area contributed by atoms with Crippen LogP contribution in [-0.2, 0) is 16.1 Å². The topological polar surface area (TPSA) is 102 Å². The monoisotopic (exact) mass is 492 g/mol. The summed E-state index contributed by atoms with van der Waals surface area (Å²) in [5, 5.41) is 5.40. The molecule has 158 valence electrons. The molecule has 2 heterocycles. The molecule has 0 aliphatic carbocycles. The molecule has 2 amide bonds. The minimum absolute atomic E-state index is 0.381. The summed E-state index contributed by atoms with van der Waals surface area (Å²) >= 11 is 4.57. The number of carbonyl (C=O) groups excluding carboxylic acids is 3. The molecule has 0 fully saturated rings. The van der Waals surface area contributed by atoms with Gasteiger partial charge in [-0.3, -0.25) is 25.1 Å². The molecule has 0 unspecified atom stereocenters. The fourth-order valence-electron chi connectivity index (χ4n) is 2.72. The van der Waals surface area contributed by atoms with Gasteiger partial charge in [-0.05, 0) is 43.2 Å². The van der Waals surface area contributed by atoms with Crippen molar-refractivity contribution in [2.24, 2.45) is 5.92 Å². The van der Waals surface area contributed by atoms with Crippen molar-refractivity contribution in [1.29, 1.82) is 0 Å². The summed E-state index contributed by atoms with van der Waals surface area (Å²) in [7, 11) is 0. The molecule has 0 aliphatic heterocycles. The van der Waals surface area contributed by atoms with E-state index in [1.54, 1.807) is 30.3 Å². The molecule has 0 bridgehead atoms. The Kier molecular flexibility index (Phi) is 6.88. The van der Waals surface area contributed by atoms with E-state index >= 15 is 0 Å². The number of hydrogen-bond donors (Lipinski definition) is 2. The zero-order chi connectivity index (χ0) is 21.8. The van der Waals surface area contributed by atoms with Gasteiger partial charge in [-0.25, -0.2) is 4.79 Å². The van der Waals surface area contributed by atoms with Crippen molar-refractivity contribution < 1.29 is 19.1 Å². The second-order valence-corrected chi connectivity index (χ2v) is 9.02. The van der Waals surface area contributed by atoms with Gasteiger partial charge in [0.2, 0.25) is 0 Å². The molecule has 0 saturated heterocycles. The first-order chi connectivity index (χ1) is 14.2. The highest BCUT2D eigenvalue weighted by Crippen LogP contribution is 2.29. The van der Waals surface area contributed by atoms with Crippen LogP contribution < -0.4 is 10.9 Å². The van der Waals surface area contributed by atoms with Gasteiger partial charge >= 0.3 is 5.97 Å². The van der Waals surface area contributed by atoms with Gasteiger partial charge in [0.1, 0.15) is 9.71 Å². The molecule has 0 spiro atoms. The number of halogens is 1. The summed E-state index contributed by atoms with van der Waals surface area (Å²) < 4.78 is 7.80. The van der Waals surface area contributed by atoms with Crippen LogP contribution >= 0.6 is 27.3 Å². The molecule has 2 aromatic heterocycles. The van der Waals surface area contributed by atoms with E-state index in [1.807, 2.05) is 11.6 Å². The zero-order valence-electron chi connectivity index (χ0n) is 16.7. The number of ether oxygens (including phenoxy) is 1. The third-order valence-electron chi connectivity index (χ3n) is 4.10. The Hall–Kier alpha value is -2.72. The molecule has 3 aromatic rings. The van der Waals surface area contributed by atoms with Gasteiger partial charge in [0.15, 0.2) is 6.61 Å². The number of nitrogens with zero attached hydrogens (tertiary/aromatic N) is 2. The molecule has 2 N–H and O–H groups in total. The highest BCUT2D eigenvalue weighted by atomic mass is 79.9. The Labute approximate surface area is 185 Å². The van der Waals surface area contributed by atoms with Gasteiger partial charge < -0.3 is 4.74 Å². The predicted octanol–water partition coefficient (Wildman–Crippen LogP) is 3.44. The summed E-state index contributed by atoms with van der Waals surface area (Å²) in [6, 6.07) is 8.37. The summed E-state index contributed by atoms with van der Waals surface area (Å²) in [5.74, 6) is -1.30. The Bertz CT molecular complexity index is 1090. The fourth-order valence-corrected chi connectivity index (χ4v) is 4.05. The minimum Gasteiger partial charge on any atom is -0.451 e. The lowest BCUT2D eigenvalue weighted by atomic mass is 10.2. The van der Waals surface area contributed by atoms with Crippen LogP contribution in [0.5, 0.6) is 0 Å². The third-order valence-corrected chi connectivity index (χ3v) is 5.76. The van der Waals surface area contributed by atoms with Gasteiger partial charge in [-0.15, -0.1) is 11.3 Å². The number of nitrogens with one attached hydrogen (secondary N) is 2. The first-order valence-electron chi connectivity index (χ1n) is 9.23. The average Bonchev–Trinajstić information content (AvgIpc) is 3.26. The molecular weight excluding hydrogens is 472 g/mol. The van der Waals surface area contributed by atoms with Gasteiger partial charge in [-0.1, -0.05) is 29.8 Å². The standard InChI is InChI=1S/C20H21BrN4O4S/c1-11(2)9-25-19-15(12(3)24-25)8-16(30-19)20(28)29-10-17(26)22-23-18(27)13-4-6-14(21)7-5-13/h4-8,11H,9-10H2,1-3H3,(H,22,26)(H,23,27). The number of rotatable bonds is 6. The maximum atomic E-state index is 12.3. The van der Waals surface area contributed by atoms with Crippen LogP contribution in [0.25, 0.3) is 10.2 Å². The molecule has 0 aliphatic rings. The summed E-state index contributed by atoms with van der Waals surface area (Å²) in [4.78, 5) is 37.5. The van der Waals surface area contributed by atoms with Crippen molar-refractivity contribution in [1.82, 2.24) is 20.6 Å². The Morgan fingerprint density at radius 2 is 1.90 bits per heavy atom. The number of fused-ring (bicyclic) bond motifs is 1. The largest absolute Gasteiger partial charge is 0.451 e. The van der Waals surface area contributed by atoms with Crippen LogP contribution in [0.4, 0.5) is 0 Å². The van der Waals surface area contributed by atoms with Gasteiger partial charge in [0.05, 0.1) is 5.69 Å². The fraction of sp³-hybridized carbons (Fsp3) is 0.300. The smallest absolute Gasteiger partial charge is 0.348 e. The normalized spacial score (nSPS) is 11.0. The predicted molar refractivity (Wildman–Crippen MR) is 117 cm³/mol. The number of hydrazine groups is 1. The minimum atomic E-state index is -0.642. The van der Waals surface area contributed by atoms with E-state index < -0.39 is 24.4 Å². The van der Waals surface area contributed by atoms with Crippen molar-refractivity contribution in [3.8, 4) is 0 Å². The first kappa shape index (κ1) is 22.0. The maximum absolute atomic E-state index is 12.3. The van der Waals surface area contributed by atoms with Crippen molar-refractivity contribution in [2.75, 3.05) is 6.61 Å². The van der Waals surface area contributed by atoms with Crippen LogP contribution in [0.2, 0.25) is 0 Å². The summed E-state index contributed by atoms with van der Waals surface area (Å²) in [6.07, 6.45) is 0. The number of thiophene rings is 1. The number of hydrogen-bond acceptors (Lipinski definition) is 6. The highest BCUT2D eigenvalue weighted by Gasteiger charge is 2.19. The number of aromatic nitrogens is 2. The first-order valence-corrected chi connectivity index (χ1v) is 10.8. The molecular formula is C20H21BrN4O4S. The Morgan fingerprint density at radius 1 is 1.20 bits per heavy atom. The summed E-state index contributed by atoms with van der Waals surface area (Å²) in [6.45, 7) is 6.33. The average molecular weight is 493 g/mol.